The molecule has 0 atom stereocenters. The van der Waals surface area contributed by atoms with Crippen molar-refractivity contribution in [3.05, 3.63) is 35.9 Å². The van der Waals surface area contributed by atoms with Gasteiger partial charge in [0.05, 0.1) is 5.56 Å². The van der Waals surface area contributed by atoms with Gasteiger partial charge in [0, 0.05) is 95.7 Å². The second kappa shape index (κ2) is 13.5. The summed E-state index contributed by atoms with van der Waals surface area (Å²) in [5, 5.41) is 11.7. The van der Waals surface area contributed by atoms with Gasteiger partial charge in [-0.25, -0.2) is 29.5 Å². The molecule has 0 aromatic carbocycles. The lowest BCUT2D eigenvalue weighted by atomic mass is 10.2. The van der Waals surface area contributed by atoms with Gasteiger partial charge < -0.3 is 29.9 Å². The van der Waals surface area contributed by atoms with Crippen LogP contribution in [0.3, 0.4) is 0 Å². The molecule has 2 aromatic rings. The lowest BCUT2D eigenvalue weighted by molar-refractivity contribution is -0.131. The van der Waals surface area contributed by atoms with Crippen LogP contribution in [0, 0.1) is 0 Å². The van der Waals surface area contributed by atoms with Crippen molar-refractivity contribution in [1.82, 2.24) is 35.1 Å². The number of carboxylic acid groups (broad SMARTS) is 1. The molecule has 2 fully saturated rings. The molecule has 0 radical (unpaired) electrons. The van der Waals surface area contributed by atoms with Gasteiger partial charge in [-0.2, -0.15) is 0 Å². The van der Waals surface area contributed by atoms with Crippen molar-refractivity contribution in [2.75, 3.05) is 68.7 Å². The van der Waals surface area contributed by atoms with Crippen LogP contribution in [0.15, 0.2) is 24.8 Å². The highest BCUT2D eigenvalue weighted by molar-refractivity contribution is 5.86. The van der Waals surface area contributed by atoms with E-state index in [-0.39, 0.29) is 18.0 Å². The SMILES string of the molecule is CC(C)(C)OC(=O)NCc1cnc(N2CCN(C(=O)CCCN3CCN(c4ncc(C(=O)O)cn4)CC3)CC2)nc1. The average Bonchev–Trinajstić information content (AvgIpc) is 2.96. The van der Waals surface area contributed by atoms with Crippen LogP contribution in [0.4, 0.5) is 16.7 Å². The van der Waals surface area contributed by atoms with Crippen LogP contribution in [0.2, 0.25) is 0 Å². The Bertz CT molecular complexity index is 1170. The van der Waals surface area contributed by atoms with Crippen molar-refractivity contribution in [1.29, 1.82) is 0 Å². The number of piperazine rings is 2. The smallest absolute Gasteiger partial charge is 0.407 e. The first-order chi connectivity index (χ1) is 19.6. The third-order valence-corrected chi connectivity index (χ3v) is 6.85. The summed E-state index contributed by atoms with van der Waals surface area (Å²) in [6.45, 7) is 12.3. The van der Waals surface area contributed by atoms with Gasteiger partial charge in [0.1, 0.15) is 5.60 Å². The monoisotopic (exact) mass is 569 g/mol. The highest BCUT2D eigenvalue weighted by Gasteiger charge is 2.24. The van der Waals surface area contributed by atoms with Crippen molar-refractivity contribution < 1.29 is 24.2 Å². The lowest BCUT2D eigenvalue weighted by Crippen LogP contribution is -2.49. The molecule has 2 aliphatic heterocycles. The number of hydrogen-bond acceptors (Lipinski definition) is 11. The van der Waals surface area contributed by atoms with E-state index in [1.807, 2.05) is 30.6 Å². The molecule has 0 saturated carbocycles. The molecule has 0 unspecified atom stereocenters. The van der Waals surface area contributed by atoms with E-state index >= 15 is 0 Å². The van der Waals surface area contributed by atoms with Gasteiger partial charge in [0.2, 0.25) is 17.8 Å². The van der Waals surface area contributed by atoms with Crippen LogP contribution in [-0.4, -0.2) is 117 Å². The number of aromatic carboxylic acids is 1. The summed E-state index contributed by atoms with van der Waals surface area (Å²) in [5.41, 5.74) is 0.298. The molecule has 14 heteroatoms. The maximum absolute atomic E-state index is 12.8. The summed E-state index contributed by atoms with van der Waals surface area (Å²) in [4.78, 5) is 61.2. The summed E-state index contributed by atoms with van der Waals surface area (Å²) < 4.78 is 5.24. The Kier molecular flexibility index (Phi) is 9.86. The summed E-state index contributed by atoms with van der Waals surface area (Å²) in [6, 6.07) is 0. The van der Waals surface area contributed by atoms with Gasteiger partial charge in [-0.3, -0.25) is 9.69 Å². The summed E-state index contributed by atoms with van der Waals surface area (Å²) in [7, 11) is 0. The fraction of sp³-hybridized carbons (Fsp3) is 0.593. The largest absolute Gasteiger partial charge is 0.478 e. The number of nitrogens with zero attached hydrogens (tertiary/aromatic N) is 8. The molecular formula is C27H39N9O5. The summed E-state index contributed by atoms with van der Waals surface area (Å²) in [6.07, 6.45) is 6.88. The standard InChI is InChI=1S/C27H39N9O5/c1-27(2,3)41-26(40)32-17-20-15-28-24(29-16-20)36-13-11-34(12-14-36)22(37)5-4-6-33-7-9-35(10-8-33)25-30-18-21(19-31-25)23(38)39/h15-16,18-19H,4-14,17H2,1-3H3,(H,32,40)(H,38,39). The number of anilines is 2. The van der Waals surface area contributed by atoms with E-state index in [2.05, 4.69) is 35.1 Å². The van der Waals surface area contributed by atoms with Gasteiger partial charge in [-0.05, 0) is 33.7 Å². The first-order valence-corrected chi connectivity index (χ1v) is 13.9. The summed E-state index contributed by atoms with van der Waals surface area (Å²) >= 11 is 0. The van der Waals surface area contributed by atoms with Crippen LogP contribution in [0.5, 0.6) is 0 Å². The van der Waals surface area contributed by atoms with E-state index in [1.165, 1.54) is 12.4 Å². The molecule has 0 aliphatic carbocycles. The Morgan fingerprint density at radius 2 is 1.39 bits per heavy atom. The molecular weight excluding hydrogens is 530 g/mol. The minimum Gasteiger partial charge on any atom is -0.478 e. The van der Waals surface area contributed by atoms with Crippen molar-refractivity contribution in [3.8, 4) is 0 Å². The van der Waals surface area contributed by atoms with Crippen molar-refractivity contribution in [2.24, 2.45) is 0 Å². The molecule has 14 nitrogen and oxygen atoms in total. The number of alkyl carbamates (subject to hydrolysis) is 1. The number of hydrogen-bond donors (Lipinski definition) is 2. The molecule has 4 rings (SSSR count). The maximum atomic E-state index is 12.8. The molecule has 2 aliphatic rings. The van der Waals surface area contributed by atoms with Crippen LogP contribution < -0.4 is 15.1 Å². The predicted octanol–water partition coefficient (Wildman–Crippen LogP) is 1.24. The van der Waals surface area contributed by atoms with E-state index in [0.717, 1.165) is 44.7 Å². The summed E-state index contributed by atoms with van der Waals surface area (Å²) in [5.74, 6) is 0.282. The van der Waals surface area contributed by atoms with Crippen LogP contribution in [0.25, 0.3) is 0 Å². The van der Waals surface area contributed by atoms with Gasteiger partial charge in [0.25, 0.3) is 0 Å². The third kappa shape index (κ3) is 8.96. The number of nitrogens with one attached hydrogen (secondary N) is 1. The molecule has 4 heterocycles. The lowest BCUT2D eigenvalue weighted by Gasteiger charge is -2.36. The second-order valence-electron chi connectivity index (χ2n) is 11.1. The van der Waals surface area contributed by atoms with Gasteiger partial charge in [-0.15, -0.1) is 0 Å². The number of ether oxygens (including phenoxy) is 1. The van der Waals surface area contributed by atoms with Crippen LogP contribution in [-0.2, 0) is 16.1 Å². The van der Waals surface area contributed by atoms with Crippen LogP contribution in [0.1, 0.15) is 49.5 Å². The molecule has 2 N–H and O–H groups in total. The number of carbonyl (C=O) groups is 3. The first kappa shape index (κ1) is 29.9. The Balaban J connectivity index is 1.11. The zero-order valence-corrected chi connectivity index (χ0v) is 24.0. The minimum absolute atomic E-state index is 0.0759. The zero-order valence-electron chi connectivity index (χ0n) is 24.0. The highest BCUT2D eigenvalue weighted by atomic mass is 16.6. The minimum atomic E-state index is -1.04. The maximum Gasteiger partial charge on any atom is 0.407 e. The quantitative estimate of drug-likeness (QED) is 0.446. The molecule has 2 amide bonds. The topological polar surface area (TPSA) is 157 Å². The molecule has 222 valence electrons. The molecule has 0 bridgehead atoms. The fourth-order valence-corrected chi connectivity index (χ4v) is 4.63. The molecule has 0 spiro atoms. The number of rotatable bonds is 9. The van der Waals surface area contributed by atoms with Gasteiger partial charge in [-0.1, -0.05) is 0 Å². The molecule has 2 aromatic heterocycles. The predicted molar refractivity (Wildman–Crippen MR) is 151 cm³/mol. The Hall–Kier alpha value is -4.07. The van der Waals surface area contributed by atoms with E-state index in [4.69, 9.17) is 9.84 Å². The fourth-order valence-electron chi connectivity index (χ4n) is 4.63. The van der Waals surface area contributed by atoms with Crippen molar-refractivity contribution in [2.45, 2.75) is 45.8 Å². The van der Waals surface area contributed by atoms with E-state index in [0.29, 0.717) is 44.5 Å². The number of carboxylic acids is 1. The Morgan fingerprint density at radius 3 is 1.93 bits per heavy atom. The molecule has 2 saturated heterocycles. The van der Waals surface area contributed by atoms with Crippen LogP contribution >= 0.6 is 0 Å². The zero-order chi connectivity index (χ0) is 29.4. The number of carbonyl (C=O) groups excluding carboxylic acids is 2. The normalized spacial score (nSPS) is 16.4. The first-order valence-electron chi connectivity index (χ1n) is 13.9. The Morgan fingerprint density at radius 1 is 0.854 bits per heavy atom. The number of aromatic nitrogens is 4. The van der Waals surface area contributed by atoms with E-state index < -0.39 is 17.7 Å². The van der Waals surface area contributed by atoms with E-state index in [9.17, 15) is 14.4 Å². The highest BCUT2D eigenvalue weighted by Crippen LogP contribution is 2.14. The van der Waals surface area contributed by atoms with E-state index in [1.54, 1.807) is 12.4 Å². The molecule has 41 heavy (non-hydrogen) atoms. The van der Waals surface area contributed by atoms with Gasteiger partial charge >= 0.3 is 12.1 Å². The van der Waals surface area contributed by atoms with Crippen molar-refractivity contribution in [3.63, 3.8) is 0 Å². The van der Waals surface area contributed by atoms with Gasteiger partial charge in [0.15, 0.2) is 0 Å². The third-order valence-electron chi connectivity index (χ3n) is 6.85. The number of amides is 2. The second-order valence-corrected chi connectivity index (χ2v) is 11.1. The van der Waals surface area contributed by atoms with Crippen molar-refractivity contribution >= 4 is 29.9 Å². The Labute approximate surface area is 239 Å². The average molecular weight is 570 g/mol.